The van der Waals surface area contributed by atoms with Crippen molar-refractivity contribution in [3.8, 4) is 0 Å². The molecule has 5 nitrogen and oxygen atoms in total. The summed E-state index contributed by atoms with van der Waals surface area (Å²) in [4.78, 5) is 13.0. The van der Waals surface area contributed by atoms with Crippen molar-refractivity contribution in [2.75, 3.05) is 6.61 Å². The van der Waals surface area contributed by atoms with Gasteiger partial charge in [-0.3, -0.25) is 4.68 Å². The van der Waals surface area contributed by atoms with E-state index in [0.29, 0.717) is 12.2 Å². The zero-order valence-electron chi connectivity index (χ0n) is 12.6. The van der Waals surface area contributed by atoms with E-state index >= 15 is 0 Å². The van der Waals surface area contributed by atoms with Crippen molar-refractivity contribution in [2.45, 2.75) is 39.3 Å². The van der Waals surface area contributed by atoms with Crippen LogP contribution in [0.15, 0.2) is 23.8 Å². The van der Waals surface area contributed by atoms with E-state index in [4.69, 9.17) is 10.5 Å². The molecule has 2 rings (SSSR count). The Labute approximate surface area is 128 Å². The molecule has 0 amide bonds. The fourth-order valence-electron chi connectivity index (χ4n) is 2.23. The Kier molecular flexibility index (Phi) is 5.14. The number of carbonyl (C=O) groups is 1. The second-order valence-electron chi connectivity index (χ2n) is 4.91. The third-order valence-electron chi connectivity index (χ3n) is 3.44. The minimum atomic E-state index is -0.351. The van der Waals surface area contributed by atoms with Gasteiger partial charge in [-0.05, 0) is 37.3 Å². The van der Waals surface area contributed by atoms with Crippen LogP contribution in [0.25, 0.3) is 0 Å². The van der Waals surface area contributed by atoms with E-state index in [9.17, 15) is 4.79 Å². The fourth-order valence-corrected chi connectivity index (χ4v) is 3.33. The van der Waals surface area contributed by atoms with Gasteiger partial charge in [0.15, 0.2) is 0 Å². The summed E-state index contributed by atoms with van der Waals surface area (Å²) in [6.07, 6.45) is 4.09. The molecule has 2 heterocycles. The monoisotopic (exact) mass is 307 g/mol. The number of esters is 1. The molecule has 0 radical (unpaired) electrons. The smallest absolute Gasteiger partial charge is 0.341 e. The average Bonchev–Trinajstić information content (AvgIpc) is 3.10. The summed E-state index contributed by atoms with van der Waals surface area (Å²) in [5.41, 5.74) is 7.94. The molecule has 0 spiro atoms. The first-order valence-electron chi connectivity index (χ1n) is 7.09. The summed E-state index contributed by atoms with van der Waals surface area (Å²) in [5.74, 6) is -0.351. The van der Waals surface area contributed by atoms with Gasteiger partial charge >= 0.3 is 5.97 Å². The van der Waals surface area contributed by atoms with E-state index < -0.39 is 0 Å². The summed E-state index contributed by atoms with van der Waals surface area (Å²) in [6, 6.07) is 1.96. The molecule has 0 saturated heterocycles. The fraction of sp³-hybridized carbons (Fsp3) is 0.467. The minimum Gasteiger partial charge on any atom is -0.462 e. The Morgan fingerprint density at radius 2 is 2.29 bits per heavy atom. The lowest BCUT2D eigenvalue weighted by atomic mass is 10.0. The quantitative estimate of drug-likeness (QED) is 0.833. The number of thiophene rings is 1. The largest absolute Gasteiger partial charge is 0.462 e. The van der Waals surface area contributed by atoms with Gasteiger partial charge in [0.05, 0.1) is 18.4 Å². The lowest BCUT2D eigenvalue weighted by Gasteiger charge is -2.23. The molecule has 0 saturated carbocycles. The standard InChI is InChI=1S/C15H21N3O2S/c1-4-12(16)13(14-10(3)6-7-21-14)18-9-11(8-17-18)15(19)20-5-2/h6-9,12-13H,4-5,16H2,1-3H3. The van der Waals surface area contributed by atoms with Gasteiger partial charge < -0.3 is 10.5 Å². The summed E-state index contributed by atoms with van der Waals surface area (Å²) in [7, 11) is 0. The van der Waals surface area contributed by atoms with Crippen molar-refractivity contribution < 1.29 is 9.53 Å². The van der Waals surface area contributed by atoms with Crippen LogP contribution in [0.3, 0.4) is 0 Å². The van der Waals surface area contributed by atoms with Crippen LogP contribution in [0.5, 0.6) is 0 Å². The van der Waals surface area contributed by atoms with E-state index in [1.165, 1.54) is 16.6 Å². The lowest BCUT2D eigenvalue weighted by Crippen LogP contribution is -2.32. The molecule has 114 valence electrons. The zero-order valence-corrected chi connectivity index (χ0v) is 13.4. The molecule has 2 unspecified atom stereocenters. The van der Waals surface area contributed by atoms with Crippen LogP contribution >= 0.6 is 11.3 Å². The number of nitrogens with zero attached hydrogens (tertiary/aromatic N) is 2. The number of aromatic nitrogens is 2. The highest BCUT2D eigenvalue weighted by atomic mass is 32.1. The maximum Gasteiger partial charge on any atom is 0.341 e. The van der Waals surface area contributed by atoms with Crippen molar-refractivity contribution in [3.63, 3.8) is 0 Å². The Balaban J connectivity index is 2.34. The van der Waals surface area contributed by atoms with Crippen LogP contribution in [0.4, 0.5) is 0 Å². The van der Waals surface area contributed by atoms with Crippen LogP contribution in [-0.2, 0) is 4.74 Å². The molecule has 0 aliphatic rings. The number of hydrogen-bond donors (Lipinski definition) is 1. The van der Waals surface area contributed by atoms with Crippen molar-refractivity contribution in [3.05, 3.63) is 39.8 Å². The molecule has 0 aromatic carbocycles. The SMILES string of the molecule is CCOC(=O)c1cnn(C(c2sccc2C)C(N)CC)c1. The third-order valence-corrected chi connectivity index (χ3v) is 4.53. The van der Waals surface area contributed by atoms with Gasteiger partial charge in [-0.25, -0.2) is 4.79 Å². The first-order valence-corrected chi connectivity index (χ1v) is 7.97. The molecule has 2 atom stereocenters. The summed E-state index contributed by atoms with van der Waals surface area (Å²) >= 11 is 1.67. The van der Waals surface area contributed by atoms with Gasteiger partial charge in [0.1, 0.15) is 6.04 Å². The third kappa shape index (κ3) is 3.33. The highest BCUT2D eigenvalue weighted by Crippen LogP contribution is 2.30. The van der Waals surface area contributed by atoms with Crippen LogP contribution in [-0.4, -0.2) is 28.4 Å². The van der Waals surface area contributed by atoms with Gasteiger partial charge in [-0.2, -0.15) is 5.10 Å². The maximum absolute atomic E-state index is 11.8. The van der Waals surface area contributed by atoms with E-state index in [1.807, 2.05) is 0 Å². The van der Waals surface area contributed by atoms with E-state index in [-0.39, 0.29) is 18.1 Å². The Hall–Kier alpha value is -1.66. The molecule has 6 heteroatoms. The molecule has 2 N–H and O–H groups in total. The number of rotatable bonds is 6. The van der Waals surface area contributed by atoms with Crippen molar-refractivity contribution in [2.24, 2.45) is 5.73 Å². The topological polar surface area (TPSA) is 70.1 Å². The number of hydrogen-bond acceptors (Lipinski definition) is 5. The van der Waals surface area contributed by atoms with Crippen molar-refractivity contribution in [1.29, 1.82) is 0 Å². The number of nitrogens with two attached hydrogens (primary N) is 1. The van der Waals surface area contributed by atoms with Gasteiger partial charge in [0.2, 0.25) is 0 Å². The van der Waals surface area contributed by atoms with Crippen LogP contribution in [0, 0.1) is 6.92 Å². The average molecular weight is 307 g/mol. The molecule has 2 aromatic rings. The van der Waals surface area contributed by atoms with Gasteiger partial charge in [-0.15, -0.1) is 11.3 Å². The number of aryl methyl sites for hydroxylation is 1. The van der Waals surface area contributed by atoms with Gasteiger partial charge in [0.25, 0.3) is 0 Å². The zero-order chi connectivity index (χ0) is 15.4. The molecular weight excluding hydrogens is 286 g/mol. The summed E-state index contributed by atoms with van der Waals surface area (Å²) in [6.45, 7) is 6.26. The minimum absolute atomic E-state index is 0.0572. The predicted molar refractivity (Wildman–Crippen MR) is 83.6 cm³/mol. The molecule has 0 fully saturated rings. The number of ether oxygens (including phenoxy) is 1. The maximum atomic E-state index is 11.8. The van der Waals surface area contributed by atoms with Crippen molar-refractivity contribution in [1.82, 2.24) is 9.78 Å². The van der Waals surface area contributed by atoms with Crippen LogP contribution < -0.4 is 5.73 Å². The molecular formula is C15H21N3O2S. The predicted octanol–water partition coefficient (Wildman–Crippen LogP) is 2.76. The molecule has 0 aliphatic carbocycles. The number of carbonyl (C=O) groups excluding carboxylic acids is 1. The second-order valence-corrected chi connectivity index (χ2v) is 5.86. The molecule has 2 aromatic heterocycles. The Bertz CT molecular complexity index is 606. The normalized spacial score (nSPS) is 13.9. The van der Waals surface area contributed by atoms with Gasteiger partial charge in [-0.1, -0.05) is 6.92 Å². The van der Waals surface area contributed by atoms with E-state index in [1.54, 1.807) is 29.1 Å². The lowest BCUT2D eigenvalue weighted by molar-refractivity contribution is 0.0526. The van der Waals surface area contributed by atoms with Crippen LogP contribution in [0.1, 0.15) is 47.1 Å². The van der Waals surface area contributed by atoms with Crippen LogP contribution in [0.2, 0.25) is 0 Å². The van der Waals surface area contributed by atoms with Crippen molar-refractivity contribution >= 4 is 17.3 Å². The summed E-state index contributed by atoms with van der Waals surface area (Å²) < 4.78 is 6.78. The summed E-state index contributed by atoms with van der Waals surface area (Å²) in [5, 5.41) is 6.38. The van der Waals surface area contributed by atoms with E-state index in [0.717, 1.165) is 6.42 Å². The highest BCUT2D eigenvalue weighted by molar-refractivity contribution is 7.10. The first-order chi connectivity index (χ1) is 10.1. The first kappa shape index (κ1) is 15.7. The molecule has 0 bridgehead atoms. The Morgan fingerprint density at radius 3 is 2.86 bits per heavy atom. The van der Waals surface area contributed by atoms with Gasteiger partial charge in [0, 0.05) is 17.1 Å². The molecule has 0 aliphatic heterocycles. The van der Waals surface area contributed by atoms with E-state index in [2.05, 4.69) is 30.4 Å². The molecule has 21 heavy (non-hydrogen) atoms. The highest BCUT2D eigenvalue weighted by Gasteiger charge is 2.25. The second kappa shape index (κ2) is 6.87. The Morgan fingerprint density at radius 1 is 1.52 bits per heavy atom.